The van der Waals surface area contributed by atoms with Crippen molar-refractivity contribution in [3.8, 4) is 11.5 Å². The first kappa shape index (κ1) is 22.4. The Morgan fingerprint density at radius 1 is 1.19 bits per heavy atom. The molecule has 0 aliphatic carbocycles. The molecular formula is C25H26ClFN2O3. The number of carbonyl (C=O) groups excluding carboxylic acids is 1. The van der Waals surface area contributed by atoms with Crippen molar-refractivity contribution < 1.29 is 18.7 Å². The predicted octanol–water partition coefficient (Wildman–Crippen LogP) is 5.86. The van der Waals surface area contributed by atoms with E-state index in [-0.39, 0.29) is 18.0 Å². The largest absolute Gasteiger partial charge is 0.490 e. The van der Waals surface area contributed by atoms with Crippen LogP contribution in [0.15, 0.2) is 48.5 Å². The first-order valence-electron chi connectivity index (χ1n) is 10.8. The number of halogens is 2. The van der Waals surface area contributed by atoms with Gasteiger partial charge in [-0.1, -0.05) is 11.6 Å². The summed E-state index contributed by atoms with van der Waals surface area (Å²) in [6.45, 7) is 4.02. The lowest BCUT2D eigenvalue weighted by Crippen LogP contribution is -2.20. The summed E-state index contributed by atoms with van der Waals surface area (Å²) in [5, 5.41) is 9.11. The molecule has 32 heavy (non-hydrogen) atoms. The van der Waals surface area contributed by atoms with Crippen molar-refractivity contribution >= 4 is 34.5 Å². The first-order chi connectivity index (χ1) is 15.5. The Kier molecular flexibility index (Phi) is 7.12. The first-order valence-corrected chi connectivity index (χ1v) is 11.2. The van der Waals surface area contributed by atoms with Crippen LogP contribution in [-0.4, -0.2) is 25.7 Å². The molecule has 0 spiro atoms. The van der Waals surface area contributed by atoms with Crippen molar-refractivity contribution in [1.29, 1.82) is 0 Å². The van der Waals surface area contributed by atoms with E-state index in [9.17, 15) is 9.18 Å². The fraction of sp³-hybridized carbons (Fsp3) is 0.320. The Hall–Kier alpha value is -2.83. The molecule has 168 valence electrons. The van der Waals surface area contributed by atoms with Gasteiger partial charge < -0.3 is 20.1 Å². The van der Waals surface area contributed by atoms with Crippen molar-refractivity contribution in [2.24, 2.45) is 0 Å². The minimum atomic E-state index is -0.247. The van der Waals surface area contributed by atoms with Gasteiger partial charge in [0.2, 0.25) is 0 Å². The van der Waals surface area contributed by atoms with Crippen LogP contribution in [0.3, 0.4) is 0 Å². The molecule has 1 aliphatic heterocycles. The molecule has 2 atom stereocenters. The molecule has 0 bridgehead atoms. The third-order valence-electron chi connectivity index (χ3n) is 5.72. The highest BCUT2D eigenvalue weighted by Crippen LogP contribution is 2.34. The van der Waals surface area contributed by atoms with Crippen LogP contribution >= 0.6 is 11.6 Å². The molecule has 0 amide bonds. The number of hydrogen-bond donors (Lipinski definition) is 2. The number of fused-ring (bicyclic) bond motifs is 1. The average molecular weight is 457 g/mol. The maximum atomic E-state index is 13.8. The molecule has 0 unspecified atom stereocenters. The predicted molar refractivity (Wildman–Crippen MR) is 125 cm³/mol. The summed E-state index contributed by atoms with van der Waals surface area (Å²) in [5.74, 6) is 0.965. The van der Waals surface area contributed by atoms with Crippen molar-refractivity contribution in [2.75, 3.05) is 18.4 Å². The number of carbonyl (C=O) groups is 1. The van der Waals surface area contributed by atoms with Crippen LogP contribution in [0.2, 0.25) is 5.02 Å². The molecule has 1 heterocycles. The molecule has 1 aliphatic rings. The Morgan fingerprint density at radius 2 is 2.03 bits per heavy atom. The summed E-state index contributed by atoms with van der Waals surface area (Å²) in [6.07, 6.45) is 2.73. The zero-order valence-electron chi connectivity index (χ0n) is 17.9. The minimum Gasteiger partial charge on any atom is -0.490 e. The Labute approximate surface area is 191 Å². The summed E-state index contributed by atoms with van der Waals surface area (Å²) in [4.78, 5) is 10.8. The molecule has 5 nitrogen and oxygen atoms in total. The van der Waals surface area contributed by atoms with Gasteiger partial charge in [-0.05, 0) is 74.8 Å². The maximum absolute atomic E-state index is 13.8. The molecule has 7 heteroatoms. The SMILES string of the molecule is C[C@@H](CCNc1ccc(OC=O)c2ccc(Cl)cc12)Oc1ccc(F)cc1[C@@H]1CCCN1. The number of benzene rings is 3. The lowest BCUT2D eigenvalue weighted by molar-refractivity contribution is -0.120. The van der Waals surface area contributed by atoms with Crippen molar-refractivity contribution in [3.63, 3.8) is 0 Å². The van der Waals surface area contributed by atoms with Gasteiger partial charge in [-0.3, -0.25) is 4.79 Å². The highest BCUT2D eigenvalue weighted by atomic mass is 35.5. The highest BCUT2D eigenvalue weighted by Gasteiger charge is 2.21. The molecule has 3 aromatic carbocycles. The normalized spacial score (nSPS) is 16.7. The van der Waals surface area contributed by atoms with E-state index in [1.54, 1.807) is 24.3 Å². The smallest absolute Gasteiger partial charge is 0.298 e. The van der Waals surface area contributed by atoms with E-state index in [2.05, 4.69) is 10.6 Å². The van der Waals surface area contributed by atoms with Gasteiger partial charge in [-0.25, -0.2) is 4.39 Å². The molecule has 4 rings (SSSR count). The number of anilines is 1. The van der Waals surface area contributed by atoms with E-state index in [4.69, 9.17) is 21.1 Å². The lowest BCUT2D eigenvalue weighted by Gasteiger charge is -2.21. The van der Waals surface area contributed by atoms with Crippen LogP contribution < -0.4 is 20.1 Å². The number of nitrogens with one attached hydrogen (secondary N) is 2. The summed E-state index contributed by atoms with van der Waals surface area (Å²) < 4.78 is 25.1. The second-order valence-electron chi connectivity index (χ2n) is 7.99. The highest BCUT2D eigenvalue weighted by molar-refractivity contribution is 6.31. The van der Waals surface area contributed by atoms with Gasteiger partial charge in [0.1, 0.15) is 17.3 Å². The van der Waals surface area contributed by atoms with Gasteiger partial charge in [-0.2, -0.15) is 0 Å². The van der Waals surface area contributed by atoms with Crippen molar-refractivity contribution in [2.45, 2.75) is 38.3 Å². The van der Waals surface area contributed by atoms with E-state index < -0.39 is 0 Å². The Morgan fingerprint density at radius 3 is 2.81 bits per heavy atom. The number of hydrogen-bond acceptors (Lipinski definition) is 5. The van der Waals surface area contributed by atoms with Gasteiger partial charge >= 0.3 is 0 Å². The summed E-state index contributed by atoms with van der Waals surface area (Å²) in [7, 11) is 0. The average Bonchev–Trinajstić information content (AvgIpc) is 3.31. The standard InChI is InChI=1S/C25H26ClFN2O3/c1-16(32-25-8-5-18(27)14-21(25)22-3-2-11-28-22)10-12-29-23-7-9-24(31-15-30)19-6-4-17(26)13-20(19)23/h4-9,13-16,22,28-29H,2-3,10-12H2,1H3/t16-,22-/m0/s1. The fourth-order valence-electron chi connectivity index (χ4n) is 4.14. The van der Waals surface area contributed by atoms with Crippen LogP contribution in [0.25, 0.3) is 10.8 Å². The van der Waals surface area contributed by atoms with E-state index >= 15 is 0 Å². The van der Waals surface area contributed by atoms with Crippen LogP contribution in [0, 0.1) is 5.82 Å². The quantitative estimate of drug-likeness (QED) is 0.395. The van der Waals surface area contributed by atoms with E-state index in [1.807, 2.05) is 25.1 Å². The van der Waals surface area contributed by atoms with Crippen molar-refractivity contribution in [1.82, 2.24) is 5.32 Å². The number of rotatable bonds is 9. The Balaban J connectivity index is 1.42. The topological polar surface area (TPSA) is 59.6 Å². The molecule has 0 radical (unpaired) electrons. The molecule has 0 saturated carbocycles. The minimum absolute atomic E-state index is 0.0689. The van der Waals surface area contributed by atoms with Crippen LogP contribution in [0.5, 0.6) is 11.5 Å². The number of ether oxygens (including phenoxy) is 2. The van der Waals surface area contributed by atoms with E-state index in [0.29, 0.717) is 23.8 Å². The summed E-state index contributed by atoms with van der Waals surface area (Å²) in [6, 6.07) is 13.9. The maximum Gasteiger partial charge on any atom is 0.298 e. The third-order valence-corrected chi connectivity index (χ3v) is 5.95. The molecule has 1 fully saturated rings. The van der Waals surface area contributed by atoms with Gasteiger partial charge in [0, 0.05) is 46.1 Å². The van der Waals surface area contributed by atoms with Gasteiger partial charge in [0.05, 0.1) is 6.10 Å². The third kappa shape index (κ3) is 5.14. The zero-order chi connectivity index (χ0) is 22.5. The molecular weight excluding hydrogens is 431 g/mol. The van der Waals surface area contributed by atoms with Crippen molar-refractivity contribution in [3.05, 3.63) is 64.9 Å². The van der Waals surface area contributed by atoms with Crippen LogP contribution in [0.4, 0.5) is 10.1 Å². The van der Waals surface area contributed by atoms with Gasteiger partial charge in [-0.15, -0.1) is 0 Å². The van der Waals surface area contributed by atoms with Crippen LogP contribution in [-0.2, 0) is 4.79 Å². The summed E-state index contributed by atoms with van der Waals surface area (Å²) >= 11 is 6.18. The second-order valence-corrected chi connectivity index (χ2v) is 8.43. The molecule has 1 saturated heterocycles. The van der Waals surface area contributed by atoms with Crippen LogP contribution in [0.1, 0.15) is 37.8 Å². The summed E-state index contributed by atoms with van der Waals surface area (Å²) in [5.41, 5.74) is 1.78. The lowest BCUT2D eigenvalue weighted by atomic mass is 10.0. The van der Waals surface area contributed by atoms with Gasteiger partial charge in [0.25, 0.3) is 6.47 Å². The van der Waals surface area contributed by atoms with E-state index in [0.717, 1.165) is 53.6 Å². The second kappa shape index (κ2) is 10.2. The molecule has 0 aromatic heterocycles. The molecule has 2 N–H and O–H groups in total. The fourth-order valence-corrected chi connectivity index (χ4v) is 4.31. The zero-order valence-corrected chi connectivity index (χ0v) is 18.6. The van der Waals surface area contributed by atoms with Gasteiger partial charge in [0.15, 0.2) is 0 Å². The Bertz CT molecular complexity index is 1100. The monoisotopic (exact) mass is 456 g/mol. The molecule has 3 aromatic rings. The van der Waals surface area contributed by atoms with E-state index in [1.165, 1.54) is 6.07 Å².